The van der Waals surface area contributed by atoms with Crippen molar-refractivity contribution in [3.05, 3.63) is 35.9 Å². The van der Waals surface area contributed by atoms with Gasteiger partial charge in [0.1, 0.15) is 0 Å². The van der Waals surface area contributed by atoms with Crippen LogP contribution in [0.2, 0.25) is 0 Å². The van der Waals surface area contributed by atoms with Crippen LogP contribution in [0.1, 0.15) is 5.56 Å². The number of hydrogen-bond donors (Lipinski definition) is 0. The SMILES string of the molecule is FC(F)CN1CC2CN(Cc3ccccc3)CC2C1. The Hall–Kier alpha value is -1.00. The molecule has 2 nitrogen and oxygen atoms in total. The van der Waals surface area contributed by atoms with Crippen LogP contribution < -0.4 is 0 Å². The van der Waals surface area contributed by atoms with Crippen LogP contribution in [0.25, 0.3) is 0 Å². The van der Waals surface area contributed by atoms with E-state index >= 15 is 0 Å². The number of nitrogens with zero attached hydrogens (tertiary/aromatic N) is 2. The number of hydrogen-bond acceptors (Lipinski definition) is 2. The molecule has 1 aromatic carbocycles. The van der Waals surface area contributed by atoms with E-state index < -0.39 is 6.43 Å². The first-order chi connectivity index (χ1) is 9.20. The van der Waals surface area contributed by atoms with Gasteiger partial charge in [-0.3, -0.25) is 9.80 Å². The van der Waals surface area contributed by atoms with E-state index in [-0.39, 0.29) is 6.54 Å². The highest BCUT2D eigenvalue weighted by Gasteiger charge is 2.40. The Balaban J connectivity index is 1.51. The van der Waals surface area contributed by atoms with Crippen molar-refractivity contribution in [2.75, 3.05) is 32.7 Å². The van der Waals surface area contributed by atoms with E-state index in [0.717, 1.165) is 32.7 Å². The first kappa shape index (κ1) is 13.0. The molecule has 0 spiro atoms. The summed E-state index contributed by atoms with van der Waals surface area (Å²) in [5.41, 5.74) is 1.34. The second-order valence-corrected chi connectivity index (χ2v) is 5.81. The molecule has 0 aliphatic carbocycles. The van der Waals surface area contributed by atoms with Gasteiger partial charge in [0.05, 0.1) is 6.54 Å². The van der Waals surface area contributed by atoms with Gasteiger partial charge in [0.15, 0.2) is 0 Å². The van der Waals surface area contributed by atoms with Gasteiger partial charge in [0, 0.05) is 32.7 Å². The highest BCUT2D eigenvalue weighted by atomic mass is 19.3. The largest absolute Gasteiger partial charge is 0.298 e. The molecule has 3 rings (SSSR count). The maximum atomic E-state index is 12.4. The van der Waals surface area contributed by atoms with Crippen LogP contribution >= 0.6 is 0 Å². The van der Waals surface area contributed by atoms with Crippen LogP contribution in [0.15, 0.2) is 30.3 Å². The van der Waals surface area contributed by atoms with Crippen molar-refractivity contribution in [1.82, 2.24) is 9.80 Å². The Morgan fingerprint density at radius 2 is 1.53 bits per heavy atom. The molecule has 2 atom stereocenters. The molecule has 0 radical (unpaired) electrons. The van der Waals surface area contributed by atoms with Crippen LogP contribution in [0.4, 0.5) is 8.78 Å². The van der Waals surface area contributed by atoms with Gasteiger partial charge in [-0.2, -0.15) is 0 Å². The molecule has 19 heavy (non-hydrogen) atoms. The topological polar surface area (TPSA) is 6.48 Å². The van der Waals surface area contributed by atoms with Gasteiger partial charge in [-0.1, -0.05) is 30.3 Å². The Morgan fingerprint density at radius 3 is 2.11 bits per heavy atom. The number of halogens is 2. The summed E-state index contributed by atoms with van der Waals surface area (Å²) in [6.45, 7) is 4.74. The minimum atomic E-state index is -2.20. The van der Waals surface area contributed by atoms with Gasteiger partial charge in [0.25, 0.3) is 6.43 Å². The molecule has 0 aromatic heterocycles. The van der Waals surface area contributed by atoms with Crippen molar-refractivity contribution >= 4 is 0 Å². The third kappa shape index (κ3) is 3.12. The highest BCUT2D eigenvalue weighted by molar-refractivity contribution is 5.14. The fourth-order valence-corrected chi connectivity index (χ4v) is 3.50. The smallest absolute Gasteiger partial charge is 0.251 e. The van der Waals surface area contributed by atoms with Crippen LogP contribution in [-0.4, -0.2) is 48.9 Å². The second-order valence-electron chi connectivity index (χ2n) is 5.81. The lowest BCUT2D eigenvalue weighted by atomic mass is 10.0. The average molecular weight is 266 g/mol. The van der Waals surface area contributed by atoms with Crippen LogP contribution in [0, 0.1) is 11.8 Å². The van der Waals surface area contributed by atoms with Gasteiger partial charge in [-0.15, -0.1) is 0 Å². The molecular formula is C15H20F2N2. The summed E-state index contributed by atoms with van der Waals surface area (Å²) in [6.07, 6.45) is -2.20. The summed E-state index contributed by atoms with van der Waals surface area (Å²) in [5, 5.41) is 0. The molecule has 2 aliphatic rings. The number of fused-ring (bicyclic) bond motifs is 1. The fraction of sp³-hybridized carbons (Fsp3) is 0.600. The number of benzene rings is 1. The highest BCUT2D eigenvalue weighted by Crippen LogP contribution is 2.32. The van der Waals surface area contributed by atoms with Gasteiger partial charge in [-0.05, 0) is 17.4 Å². The lowest BCUT2D eigenvalue weighted by Crippen LogP contribution is -2.31. The molecule has 0 saturated carbocycles. The summed E-state index contributed by atoms with van der Waals surface area (Å²) in [6, 6.07) is 10.5. The monoisotopic (exact) mass is 266 g/mol. The van der Waals surface area contributed by atoms with Crippen molar-refractivity contribution in [3.8, 4) is 0 Å². The van der Waals surface area contributed by atoms with E-state index in [1.54, 1.807) is 0 Å². The number of rotatable bonds is 4. The quantitative estimate of drug-likeness (QED) is 0.825. The lowest BCUT2D eigenvalue weighted by molar-refractivity contribution is 0.0935. The Labute approximate surface area is 113 Å². The summed E-state index contributed by atoms with van der Waals surface area (Å²) < 4.78 is 24.7. The Morgan fingerprint density at radius 1 is 0.947 bits per heavy atom. The summed E-state index contributed by atoms with van der Waals surface area (Å²) in [4.78, 5) is 4.39. The molecule has 4 heteroatoms. The Bertz CT molecular complexity index is 396. The van der Waals surface area contributed by atoms with E-state index in [1.807, 2.05) is 11.0 Å². The van der Waals surface area contributed by atoms with E-state index in [0.29, 0.717) is 11.8 Å². The maximum absolute atomic E-state index is 12.4. The van der Waals surface area contributed by atoms with E-state index in [1.165, 1.54) is 5.56 Å². The predicted octanol–water partition coefficient (Wildman–Crippen LogP) is 2.32. The standard InChI is InChI=1S/C15H20F2N2/c16-15(17)11-19-9-13-7-18(8-14(13)10-19)6-12-4-2-1-3-5-12/h1-5,13-15H,6-11H2. The molecule has 0 N–H and O–H groups in total. The zero-order chi connectivity index (χ0) is 13.2. The molecule has 2 unspecified atom stereocenters. The zero-order valence-electron chi connectivity index (χ0n) is 11.0. The molecule has 104 valence electrons. The third-order valence-corrected chi connectivity index (χ3v) is 4.28. The minimum absolute atomic E-state index is 0.0499. The molecule has 1 aromatic rings. The van der Waals surface area contributed by atoms with E-state index in [9.17, 15) is 8.78 Å². The molecule has 2 aliphatic heterocycles. The molecule has 0 amide bonds. The maximum Gasteiger partial charge on any atom is 0.251 e. The lowest BCUT2D eigenvalue weighted by Gasteiger charge is -2.21. The number of alkyl halides is 2. The number of likely N-dealkylation sites (tertiary alicyclic amines) is 2. The van der Waals surface area contributed by atoms with Crippen molar-refractivity contribution < 1.29 is 8.78 Å². The zero-order valence-corrected chi connectivity index (χ0v) is 11.0. The molecular weight excluding hydrogens is 246 g/mol. The van der Waals surface area contributed by atoms with E-state index in [4.69, 9.17) is 0 Å². The van der Waals surface area contributed by atoms with Gasteiger partial charge in [-0.25, -0.2) is 8.78 Å². The first-order valence-electron chi connectivity index (χ1n) is 6.97. The third-order valence-electron chi connectivity index (χ3n) is 4.28. The van der Waals surface area contributed by atoms with Crippen LogP contribution in [0.3, 0.4) is 0 Å². The summed E-state index contributed by atoms with van der Waals surface area (Å²) in [5.74, 6) is 1.17. The van der Waals surface area contributed by atoms with Gasteiger partial charge in [0.2, 0.25) is 0 Å². The Kier molecular flexibility index (Phi) is 3.80. The molecule has 0 bridgehead atoms. The summed E-state index contributed by atoms with van der Waals surface area (Å²) in [7, 11) is 0. The van der Waals surface area contributed by atoms with E-state index in [2.05, 4.69) is 29.2 Å². The predicted molar refractivity (Wildman–Crippen MR) is 71.1 cm³/mol. The van der Waals surface area contributed by atoms with Crippen molar-refractivity contribution in [1.29, 1.82) is 0 Å². The fourth-order valence-electron chi connectivity index (χ4n) is 3.50. The van der Waals surface area contributed by atoms with Crippen LogP contribution in [-0.2, 0) is 6.54 Å². The average Bonchev–Trinajstić information content (AvgIpc) is 2.87. The second kappa shape index (κ2) is 5.55. The van der Waals surface area contributed by atoms with Crippen LogP contribution in [0.5, 0.6) is 0 Å². The summed E-state index contributed by atoms with van der Waals surface area (Å²) >= 11 is 0. The molecule has 2 heterocycles. The first-order valence-corrected chi connectivity index (χ1v) is 6.97. The van der Waals surface area contributed by atoms with Crippen molar-refractivity contribution in [2.45, 2.75) is 13.0 Å². The normalized spacial score (nSPS) is 28.2. The van der Waals surface area contributed by atoms with Crippen molar-refractivity contribution in [2.24, 2.45) is 11.8 Å². The molecule has 2 fully saturated rings. The molecule has 2 saturated heterocycles. The van der Waals surface area contributed by atoms with Gasteiger partial charge < -0.3 is 0 Å². The van der Waals surface area contributed by atoms with Gasteiger partial charge >= 0.3 is 0 Å². The van der Waals surface area contributed by atoms with Crippen molar-refractivity contribution in [3.63, 3.8) is 0 Å². The minimum Gasteiger partial charge on any atom is -0.298 e.